The Labute approximate surface area is 99.3 Å². The first-order chi connectivity index (χ1) is 8.05. The van der Waals surface area contributed by atoms with Crippen LogP contribution in [0.2, 0.25) is 0 Å². The maximum Gasteiger partial charge on any atom is 0.416 e. The number of anilines is 1. The van der Waals surface area contributed by atoms with Crippen LogP contribution < -0.4 is 5.32 Å². The quantitative estimate of drug-likeness (QED) is 0.920. The summed E-state index contributed by atoms with van der Waals surface area (Å²) in [7, 11) is 0. The van der Waals surface area contributed by atoms with Crippen LogP contribution in [0, 0.1) is 0 Å². The number of rotatable bonds is 3. The Morgan fingerprint density at radius 1 is 1.18 bits per heavy atom. The monoisotopic (exact) mass is 259 g/mol. The smallest absolute Gasteiger partial charge is 0.356 e. The largest absolute Gasteiger partial charge is 0.416 e. The van der Waals surface area contributed by atoms with Gasteiger partial charge >= 0.3 is 6.18 Å². The standard InChI is InChI=1S/C10H8F3N3S/c11-10(12,13)8-3-1-7(2-4-8)5-14-9-16-15-6-17-9/h1-4,6H,5H2,(H,14,16). The average molecular weight is 259 g/mol. The first-order valence-electron chi connectivity index (χ1n) is 4.72. The Bertz CT molecular complexity index is 465. The number of aromatic nitrogens is 2. The van der Waals surface area contributed by atoms with E-state index in [0.717, 1.165) is 17.7 Å². The molecule has 0 fully saturated rings. The minimum absolute atomic E-state index is 0.424. The van der Waals surface area contributed by atoms with Crippen molar-refractivity contribution in [2.45, 2.75) is 12.7 Å². The molecule has 2 rings (SSSR count). The van der Waals surface area contributed by atoms with E-state index in [1.165, 1.54) is 23.5 Å². The molecule has 1 aromatic carbocycles. The van der Waals surface area contributed by atoms with Crippen molar-refractivity contribution in [2.24, 2.45) is 0 Å². The van der Waals surface area contributed by atoms with E-state index in [-0.39, 0.29) is 0 Å². The van der Waals surface area contributed by atoms with Gasteiger partial charge in [-0.25, -0.2) is 0 Å². The first-order valence-corrected chi connectivity index (χ1v) is 5.60. The number of alkyl halides is 3. The van der Waals surface area contributed by atoms with E-state index in [9.17, 15) is 13.2 Å². The van der Waals surface area contributed by atoms with Crippen molar-refractivity contribution >= 4 is 16.5 Å². The number of hydrogen-bond donors (Lipinski definition) is 1. The van der Waals surface area contributed by atoms with Gasteiger partial charge in [0, 0.05) is 6.54 Å². The van der Waals surface area contributed by atoms with Gasteiger partial charge in [-0.1, -0.05) is 23.5 Å². The van der Waals surface area contributed by atoms with Gasteiger partial charge in [0.1, 0.15) is 5.51 Å². The van der Waals surface area contributed by atoms with Crippen LogP contribution in [0.4, 0.5) is 18.3 Å². The Kier molecular flexibility index (Phi) is 3.28. The summed E-state index contributed by atoms with van der Waals surface area (Å²) < 4.78 is 36.9. The van der Waals surface area contributed by atoms with E-state index < -0.39 is 11.7 Å². The van der Waals surface area contributed by atoms with Crippen LogP contribution in [0.1, 0.15) is 11.1 Å². The SMILES string of the molecule is FC(F)(F)c1ccc(CNc2nncs2)cc1. The summed E-state index contributed by atoms with van der Waals surface area (Å²) in [4.78, 5) is 0. The van der Waals surface area contributed by atoms with Crippen LogP contribution in [0.5, 0.6) is 0 Å². The normalized spacial score (nSPS) is 11.5. The molecule has 0 bridgehead atoms. The number of benzene rings is 1. The van der Waals surface area contributed by atoms with Crippen molar-refractivity contribution in [3.8, 4) is 0 Å². The van der Waals surface area contributed by atoms with Crippen molar-refractivity contribution in [2.75, 3.05) is 5.32 Å². The second-order valence-corrected chi connectivity index (χ2v) is 4.13. The molecule has 0 unspecified atom stereocenters. The number of nitrogens with zero attached hydrogens (tertiary/aromatic N) is 2. The fraction of sp³-hybridized carbons (Fsp3) is 0.200. The summed E-state index contributed by atoms with van der Waals surface area (Å²) in [5.74, 6) is 0. The van der Waals surface area contributed by atoms with Crippen molar-refractivity contribution in [1.29, 1.82) is 0 Å². The molecule has 0 saturated heterocycles. The van der Waals surface area contributed by atoms with Gasteiger partial charge in [0.25, 0.3) is 0 Å². The van der Waals surface area contributed by atoms with E-state index in [0.29, 0.717) is 11.7 Å². The summed E-state index contributed by atoms with van der Waals surface area (Å²) in [6.07, 6.45) is -4.29. The zero-order valence-electron chi connectivity index (χ0n) is 8.53. The third-order valence-electron chi connectivity index (χ3n) is 2.09. The number of hydrogen-bond acceptors (Lipinski definition) is 4. The third kappa shape index (κ3) is 3.16. The summed E-state index contributed by atoms with van der Waals surface area (Å²) >= 11 is 1.34. The molecular formula is C10H8F3N3S. The maximum absolute atomic E-state index is 12.3. The summed E-state index contributed by atoms with van der Waals surface area (Å²) in [6, 6.07) is 5.02. The Balaban J connectivity index is 1.99. The molecule has 3 nitrogen and oxygen atoms in total. The van der Waals surface area contributed by atoms with Crippen molar-refractivity contribution in [3.63, 3.8) is 0 Å². The van der Waals surface area contributed by atoms with Gasteiger partial charge in [-0.3, -0.25) is 0 Å². The highest BCUT2D eigenvalue weighted by Gasteiger charge is 2.29. The molecule has 0 aliphatic heterocycles. The van der Waals surface area contributed by atoms with Crippen molar-refractivity contribution < 1.29 is 13.2 Å². The minimum Gasteiger partial charge on any atom is -0.356 e. The van der Waals surface area contributed by atoms with Gasteiger partial charge in [0.2, 0.25) is 5.13 Å². The molecule has 0 atom stereocenters. The van der Waals surface area contributed by atoms with Crippen LogP contribution in [0.25, 0.3) is 0 Å². The molecule has 90 valence electrons. The van der Waals surface area contributed by atoms with Gasteiger partial charge in [-0.05, 0) is 17.7 Å². The summed E-state index contributed by atoms with van der Waals surface area (Å²) in [5.41, 5.74) is 1.69. The Morgan fingerprint density at radius 3 is 2.41 bits per heavy atom. The molecule has 0 radical (unpaired) electrons. The van der Waals surface area contributed by atoms with Crippen molar-refractivity contribution in [1.82, 2.24) is 10.2 Å². The highest BCUT2D eigenvalue weighted by molar-refractivity contribution is 7.13. The minimum atomic E-state index is -4.29. The molecule has 7 heteroatoms. The van der Waals surface area contributed by atoms with Gasteiger partial charge in [0.15, 0.2) is 0 Å². The van der Waals surface area contributed by atoms with Crippen LogP contribution in [-0.4, -0.2) is 10.2 Å². The van der Waals surface area contributed by atoms with Crippen LogP contribution in [0.3, 0.4) is 0 Å². The second-order valence-electron chi connectivity index (χ2n) is 3.29. The maximum atomic E-state index is 12.3. The van der Waals surface area contributed by atoms with Crippen LogP contribution in [-0.2, 0) is 12.7 Å². The molecule has 0 saturated carbocycles. The molecule has 0 amide bonds. The lowest BCUT2D eigenvalue weighted by atomic mass is 10.1. The fourth-order valence-corrected chi connectivity index (χ4v) is 1.68. The molecule has 0 aliphatic carbocycles. The highest BCUT2D eigenvalue weighted by atomic mass is 32.1. The summed E-state index contributed by atoms with van der Waals surface area (Å²) in [5, 5.41) is 11.0. The van der Waals surface area contributed by atoms with Gasteiger partial charge in [0.05, 0.1) is 5.56 Å². The molecule has 1 heterocycles. The van der Waals surface area contributed by atoms with Gasteiger partial charge in [-0.2, -0.15) is 13.2 Å². The molecule has 2 aromatic rings. The van der Waals surface area contributed by atoms with E-state index >= 15 is 0 Å². The number of nitrogens with one attached hydrogen (secondary N) is 1. The lowest BCUT2D eigenvalue weighted by Crippen LogP contribution is -2.05. The summed E-state index contributed by atoms with van der Waals surface area (Å²) in [6.45, 7) is 0.424. The van der Waals surface area contributed by atoms with Gasteiger partial charge < -0.3 is 5.32 Å². The van der Waals surface area contributed by atoms with Crippen LogP contribution >= 0.6 is 11.3 Å². The zero-order chi connectivity index (χ0) is 12.3. The predicted molar refractivity (Wildman–Crippen MR) is 58.7 cm³/mol. The topological polar surface area (TPSA) is 37.8 Å². The van der Waals surface area contributed by atoms with E-state index in [4.69, 9.17) is 0 Å². The van der Waals surface area contributed by atoms with Gasteiger partial charge in [-0.15, -0.1) is 10.2 Å². The molecule has 17 heavy (non-hydrogen) atoms. The molecule has 1 N–H and O–H groups in total. The molecule has 0 spiro atoms. The Hall–Kier alpha value is -1.63. The lowest BCUT2D eigenvalue weighted by molar-refractivity contribution is -0.137. The number of halogens is 3. The molecular weight excluding hydrogens is 251 g/mol. The second kappa shape index (κ2) is 4.70. The first kappa shape index (κ1) is 11.8. The van der Waals surface area contributed by atoms with E-state index in [1.807, 2.05) is 0 Å². The molecule has 1 aromatic heterocycles. The van der Waals surface area contributed by atoms with E-state index in [2.05, 4.69) is 15.5 Å². The van der Waals surface area contributed by atoms with Crippen LogP contribution in [0.15, 0.2) is 29.8 Å². The lowest BCUT2D eigenvalue weighted by Gasteiger charge is -2.07. The molecule has 0 aliphatic rings. The predicted octanol–water partition coefficient (Wildman–Crippen LogP) is 3.17. The third-order valence-corrected chi connectivity index (χ3v) is 2.73. The average Bonchev–Trinajstić information content (AvgIpc) is 2.78. The highest BCUT2D eigenvalue weighted by Crippen LogP contribution is 2.29. The van der Waals surface area contributed by atoms with Crippen molar-refractivity contribution in [3.05, 3.63) is 40.9 Å². The fourth-order valence-electron chi connectivity index (χ4n) is 1.24. The zero-order valence-corrected chi connectivity index (χ0v) is 9.35. The Morgan fingerprint density at radius 2 is 1.88 bits per heavy atom. The van der Waals surface area contributed by atoms with E-state index in [1.54, 1.807) is 5.51 Å².